The minimum atomic E-state index is -0.629. The number of carbonyl (C=O) groups excluding carboxylic acids is 1. The third kappa shape index (κ3) is 3.36. The second kappa shape index (κ2) is 5.51. The molecule has 1 rings (SSSR count). The number of esters is 1. The molecular weight excluding hydrogens is 192 g/mol. The molecule has 0 unspecified atom stereocenters. The lowest BCUT2D eigenvalue weighted by molar-refractivity contribution is -0.157. The summed E-state index contributed by atoms with van der Waals surface area (Å²) in [6.45, 7) is 3.78. The molecule has 0 saturated heterocycles. The highest BCUT2D eigenvalue weighted by Crippen LogP contribution is 2.20. The van der Waals surface area contributed by atoms with E-state index in [9.17, 15) is 4.79 Å². The highest BCUT2D eigenvalue weighted by molar-refractivity contribution is 5.76. The standard InChI is InChI=1S/C12H16O3/c1-9(2)15-11(12(13)14-3)10-7-5-4-6-8-10/h4-9,11H,1-3H3/t11-/m0/s1. The van der Waals surface area contributed by atoms with Gasteiger partial charge in [0.1, 0.15) is 0 Å². The zero-order valence-electron chi connectivity index (χ0n) is 9.27. The second-order valence-electron chi connectivity index (χ2n) is 3.50. The molecule has 1 aromatic rings. The van der Waals surface area contributed by atoms with E-state index in [1.807, 2.05) is 44.2 Å². The van der Waals surface area contributed by atoms with Crippen LogP contribution in [0.25, 0.3) is 0 Å². The van der Waals surface area contributed by atoms with E-state index >= 15 is 0 Å². The topological polar surface area (TPSA) is 35.5 Å². The Morgan fingerprint density at radius 3 is 2.27 bits per heavy atom. The Balaban J connectivity index is 2.86. The van der Waals surface area contributed by atoms with Crippen LogP contribution in [0.1, 0.15) is 25.5 Å². The number of rotatable bonds is 4. The van der Waals surface area contributed by atoms with Crippen molar-refractivity contribution in [2.24, 2.45) is 0 Å². The summed E-state index contributed by atoms with van der Waals surface area (Å²) >= 11 is 0. The normalized spacial score (nSPS) is 12.5. The molecule has 0 bridgehead atoms. The van der Waals surface area contributed by atoms with Crippen LogP contribution in [-0.4, -0.2) is 19.2 Å². The van der Waals surface area contributed by atoms with Gasteiger partial charge in [0.05, 0.1) is 13.2 Å². The van der Waals surface area contributed by atoms with Gasteiger partial charge in [-0.3, -0.25) is 0 Å². The van der Waals surface area contributed by atoms with Gasteiger partial charge in [0, 0.05) is 0 Å². The molecule has 0 aromatic heterocycles. The van der Waals surface area contributed by atoms with Crippen LogP contribution < -0.4 is 0 Å². The maximum absolute atomic E-state index is 11.5. The molecule has 0 radical (unpaired) electrons. The fourth-order valence-electron chi connectivity index (χ4n) is 1.28. The van der Waals surface area contributed by atoms with E-state index in [0.29, 0.717) is 0 Å². The van der Waals surface area contributed by atoms with Crippen LogP contribution in [0.15, 0.2) is 30.3 Å². The minimum Gasteiger partial charge on any atom is -0.467 e. The predicted octanol–water partition coefficient (Wildman–Crippen LogP) is 2.33. The average molecular weight is 208 g/mol. The van der Waals surface area contributed by atoms with E-state index in [-0.39, 0.29) is 12.1 Å². The maximum atomic E-state index is 11.5. The Morgan fingerprint density at radius 2 is 1.80 bits per heavy atom. The zero-order chi connectivity index (χ0) is 11.3. The molecule has 1 atom stereocenters. The smallest absolute Gasteiger partial charge is 0.339 e. The molecular formula is C12H16O3. The van der Waals surface area contributed by atoms with Crippen molar-refractivity contribution in [3.63, 3.8) is 0 Å². The number of carbonyl (C=O) groups is 1. The summed E-state index contributed by atoms with van der Waals surface area (Å²) in [4.78, 5) is 11.5. The Bertz CT molecular complexity index is 306. The summed E-state index contributed by atoms with van der Waals surface area (Å²) in [5, 5.41) is 0. The molecule has 0 aliphatic heterocycles. The molecule has 0 spiro atoms. The molecule has 0 fully saturated rings. The average Bonchev–Trinajstić information content (AvgIpc) is 2.26. The minimum absolute atomic E-state index is 0.0192. The van der Waals surface area contributed by atoms with Crippen molar-refractivity contribution in [1.29, 1.82) is 0 Å². The molecule has 15 heavy (non-hydrogen) atoms. The first-order valence-electron chi connectivity index (χ1n) is 4.93. The summed E-state index contributed by atoms with van der Waals surface area (Å²) in [7, 11) is 1.36. The molecule has 1 aromatic carbocycles. The van der Waals surface area contributed by atoms with Crippen LogP contribution in [0, 0.1) is 0 Å². The van der Waals surface area contributed by atoms with Gasteiger partial charge >= 0.3 is 5.97 Å². The summed E-state index contributed by atoms with van der Waals surface area (Å²) < 4.78 is 10.2. The number of benzene rings is 1. The largest absolute Gasteiger partial charge is 0.467 e. The van der Waals surface area contributed by atoms with Crippen LogP contribution in [0.4, 0.5) is 0 Å². The van der Waals surface area contributed by atoms with Crippen molar-refractivity contribution in [3.05, 3.63) is 35.9 Å². The van der Waals surface area contributed by atoms with Crippen LogP contribution in [0.5, 0.6) is 0 Å². The van der Waals surface area contributed by atoms with Gasteiger partial charge in [0.15, 0.2) is 6.10 Å². The van der Waals surface area contributed by atoms with Crippen molar-refractivity contribution in [2.75, 3.05) is 7.11 Å². The fourth-order valence-corrected chi connectivity index (χ4v) is 1.28. The molecule has 0 saturated carbocycles. The van der Waals surface area contributed by atoms with Crippen molar-refractivity contribution >= 4 is 5.97 Å². The van der Waals surface area contributed by atoms with Crippen LogP contribution in [0.3, 0.4) is 0 Å². The summed E-state index contributed by atoms with van der Waals surface area (Å²) in [5.41, 5.74) is 0.818. The first-order valence-corrected chi connectivity index (χ1v) is 4.93. The molecule has 0 aliphatic carbocycles. The van der Waals surface area contributed by atoms with Gasteiger partial charge in [-0.05, 0) is 19.4 Å². The van der Waals surface area contributed by atoms with Crippen molar-refractivity contribution < 1.29 is 14.3 Å². The van der Waals surface area contributed by atoms with E-state index in [0.717, 1.165) is 5.56 Å². The summed E-state index contributed by atoms with van der Waals surface area (Å²) in [6, 6.07) is 9.34. The number of ether oxygens (including phenoxy) is 2. The summed E-state index contributed by atoms with van der Waals surface area (Å²) in [5.74, 6) is -0.366. The number of hydrogen-bond donors (Lipinski definition) is 0. The molecule has 82 valence electrons. The predicted molar refractivity (Wildman–Crippen MR) is 57.4 cm³/mol. The van der Waals surface area contributed by atoms with Gasteiger partial charge in [-0.25, -0.2) is 4.79 Å². The molecule has 3 heteroatoms. The van der Waals surface area contributed by atoms with Gasteiger partial charge in [-0.1, -0.05) is 30.3 Å². The number of hydrogen-bond acceptors (Lipinski definition) is 3. The van der Waals surface area contributed by atoms with Crippen LogP contribution in [-0.2, 0) is 14.3 Å². The SMILES string of the molecule is COC(=O)[C@@H](OC(C)C)c1ccccc1. The Hall–Kier alpha value is -1.35. The van der Waals surface area contributed by atoms with Gasteiger partial charge in [-0.15, -0.1) is 0 Å². The van der Waals surface area contributed by atoms with Gasteiger partial charge < -0.3 is 9.47 Å². The molecule has 3 nitrogen and oxygen atoms in total. The molecule has 0 amide bonds. The fraction of sp³-hybridized carbons (Fsp3) is 0.417. The third-order valence-electron chi connectivity index (χ3n) is 1.93. The Kier molecular flexibility index (Phi) is 4.31. The van der Waals surface area contributed by atoms with Gasteiger partial charge in [0.25, 0.3) is 0 Å². The van der Waals surface area contributed by atoms with Crippen molar-refractivity contribution in [1.82, 2.24) is 0 Å². The Morgan fingerprint density at radius 1 is 1.20 bits per heavy atom. The van der Waals surface area contributed by atoms with E-state index < -0.39 is 6.10 Å². The monoisotopic (exact) mass is 208 g/mol. The van der Waals surface area contributed by atoms with Gasteiger partial charge in [-0.2, -0.15) is 0 Å². The Labute approximate surface area is 90.0 Å². The quantitative estimate of drug-likeness (QED) is 0.712. The van der Waals surface area contributed by atoms with Crippen molar-refractivity contribution in [2.45, 2.75) is 26.1 Å². The lowest BCUT2D eigenvalue weighted by Crippen LogP contribution is -2.20. The lowest BCUT2D eigenvalue weighted by Gasteiger charge is -2.18. The van der Waals surface area contributed by atoms with E-state index in [2.05, 4.69) is 0 Å². The zero-order valence-corrected chi connectivity index (χ0v) is 9.27. The van der Waals surface area contributed by atoms with E-state index in [4.69, 9.17) is 9.47 Å². The molecule has 0 heterocycles. The van der Waals surface area contributed by atoms with Crippen LogP contribution in [0.2, 0.25) is 0 Å². The van der Waals surface area contributed by atoms with Gasteiger partial charge in [0.2, 0.25) is 0 Å². The first kappa shape index (κ1) is 11.7. The summed E-state index contributed by atoms with van der Waals surface area (Å²) in [6.07, 6.45) is -0.648. The molecule has 0 aliphatic rings. The highest BCUT2D eigenvalue weighted by Gasteiger charge is 2.22. The van der Waals surface area contributed by atoms with Crippen molar-refractivity contribution in [3.8, 4) is 0 Å². The molecule has 0 N–H and O–H groups in total. The third-order valence-corrected chi connectivity index (χ3v) is 1.93. The van der Waals surface area contributed by atoms with E-state index in [1.165, 1.54) is 7.11 Å². The first-order chi connectivity index (χ1) is 7.15. The van der Waals surface area contributed by atoms with E-state index in [1.54, 1.807) is 0 Å². The lowest BCUT2D eigenvalue weighted by atomic mass is 10.1. The van der Waals surface area contributed by atoms with Crippen LogP contribution >= 0.6 is 0 Å². The number of methoxy groups -OCH3 is 1. The highest BCUT2D eigenvalue weighted by atomic mass is 16.6. The maximum Gasteiger partial charge on any atom is 0.339 e. The second-order valence-corrected chi connectivity index (χ2v) is 3.50.